The summed E-state index contributed by atoms with van der Waals surface area (Å²) in [7, 11) is 0. The van der Waals surface area contributed by atoms with Crippen LogP contribution in [0.3, 0.4) is 0 Å². The lowest BCUT2D eigenvalue weighted by molar-refractivity contribution is 0.0641. The van der Waals surface area contributed by atoms with Crippen LogP contribution in [0.5, 0.6) is 0 Å². The van der Waals surface area contributed by atoms with E-state index in [1.165, 1.54) is 18.2 Å². The van der Waals surface area contributed by atoms with Crippen LogP contribution < -0.4 is 0 Å². The van der Waals surface area contributed by atoms with Crippen molar-refractivity contribution in [3.63, 3.8) is 0 Å². The third-order valence-corrected chi connectivity index (χ3v) is 3.95. The highest BCUT2D eigenvalue weighted by Gasteiger charge is 2.26. The lowest BCUT2D eigenvalue weighted by Gasteiger charge is -2.32. The Hall–Kier alpha value is -2.17. The van der Waals surface area contributed by atoms with E-state index in [-0.39, 0.29) is 5.91 Å². The van der Waals surface area contributed by atoms with E-state index in [9.17, 15) is 4.79 Å². The number of carbonyl (C=O) groups excluding carboxylic acids is 1. The van der Waals surface area contributed by atoms with Gasteiger partial charge in [0, 0.05) is 25.0 Å². The van der Waals surface area contributed by atoms with E-state index in [0.29, 0.717) is 11.7 Å². The predicted molar refractivity (Wildman–Crippen MR) is 77.8 cm³/mol. The highest BCUT2D eigenvalue weighted by Crippen LogP contribution is 2.22. The van der Waals surface area contributed by atoms with Crippen molar-refractivity contribution in [2.45, 2.75) is 26.2 Å². The van der Waals surface area contributed by atoms with Crippen LogP contribution in [0.2, 0.25) is 0 Å². The molecule has 1 atom stereocenters. The zero-order valence-corrected chi connectivity index (χ0v) is 12.2. The van der Waals surface area contributed by atoms with Gasteiger partial charge in [0.2, 0.25) is 5.76 Å². The number of oxazole rings is 1. The largest absolute Gasteiger partial charge is 0.438 e. The lowest BCUT2D eigenvalue weighted by Crippen LogP contribution is -2.40. The summed E-state index contributed by atoms with van der Waals surface area (Å²) < 4.78 is 5.10. The van der Waals surface area contributed by atoms with Crippen LogP contribution in [0, 0.1) is 12.8 Å². The molecular weight excluding hydrogens is 266 g/mol. The van der Waals surface area contributed by atoms with Crippen molar-refractivity contribution >= 4 is 5.91 Å². The molecule has 0 bridgehead atoms. The Kier molecular flexibility index (Phi) is 3.99. The number of nitrogens with zero attached hydrogens (tertiary/aromatic N) is 3. The average Bonchev–Trinajstić information content (AvgIpc) is 3.03. The summed E-state index contributed by atoms with van der Waals surface area (Å²) >= 11 is 0. The molecule has 0 N–H and O–H groups in total. The van der Waals surface area contributed by atoms with E-state index in [2.05, 4.69) is 16.0 Å². The zero-order valence-electron chi connectivity index (χ0n) is 12.2. The van der Waals surface area contributed by atoms with E-state index in [1.807, 2.05) is 24.1 Å². The van der Waals surface area contributed by atoms with Crippen molar-refractivity contribution in [2.24, 2.45) is 5.92 Å². The molecule has 1 aliphatic heterocycles. The molecule has 1 aliphatic rings. The first-order valence-corrected chi connectivity index (χ1v) is 7.31. The molecule has 2 aromatic heterocycles. The quantitative estimate of drug-likeness (QED) is 0.869. The van der Waals surface area contributed by atoms with Crippen molar-refractivity contribution < 1.29 is 9.21 Å². The summed E-state index contributed by atoms with van der Waals surface area (Å²) in [6, 6.07) is 4.16. The Balaban J connectivity index is 1.63. The topological polar surface area (TPSA) is 59.2 Å². The third-order valence-electron chi connectivity index (χ3n) is 3.95. The van der Waals surface area contributed by atoms with Gasteiger partial charge in [-0.15, -0.1) is 0 Å². The molecule has 110 valence electrons. The van der Waals surface area contributed by atoms with E-state index in [1.54, 1.807) is 0 Å². The van der Waals surface area contributed by atoms with Gasteiger partial charge in [0.25, 0.3) is 5.91 Å². The number of pyridine rings is 1. The first kappa shape index (κ1) is 13.8. The summed E-state index contributed by atoms with van der Waals surface area (Å²) in [5.41, 5.74) is 2.27. The van der Waals surface area contributed by atoms with E-state index < -0.39 is 0 Å². The third kappa shape index (κ3) is 3.29. The Bertz CT molecular complexity index is 592. The number of hydrogen-bond donors (Lipinski definition) is 0. The van der Waals surface area contributed by atoms with Gasteiger partial charge in [0.05, 0.1) is 6.20 Å². The Labute approximate surface area is 124 Å². The number of piperidine rings is 1. The van der Waals surface area contributed by atoms with Gasteiger partial charge in [-0.05, 0) is 43.7 Å². The molecule has 0 radical (unpaired) electrons. The van der Waals surface area contributed by atoms with Crippen molar-refractivity contribution in [1.29, 1.82) is 0 Å². The molecule has 0 saturated carbocycles. The number of rotatable bonds is 3. The molecule has 1 amide bonds. The molecule has 2 aromatic rings. The molecule has 3 rings (SSSR count). The monoisotopic (exact) mass is 285 g/mol. The van der Waals surface area contributed by atoms with Crippen LogP contribution in [0.25, 0.3) is 0 Å². The molecule has 21 heavy (non-hydrogen) atoms. The predicted octanol–water partition coefficient (Wildman–Crippen LogP) is 2.47. The fourth-order valence-electron chi connectivity index (χ4n) is 2.85. The number of hydrogen-bond acceptors (Lipinski definition) is 4. The molecule has 3 heterocycles. The van der Waals surface area contributed by atoms with E-state index in [0.717, 1.165) is 38.0 Å². The highest BCUT2D eigenvalue weighted by molar-refractivity contribution is 5.91. The van der Waals surface area contributed by atoms with Crippen LogP contribution in [-0.2, 0) is 6.42 Å². The molecule has 1 saturated heterocycles. The molecule has 0 aromatic carbocycles. The van der Waals surface area contributed by atoms with Gasteiger partial charge in [0.15, 0.2) is 6.39 Å². The second-order valence-electron chi connectivity index (χ2n) is 5.64. The number of likely N-dealkylation sites (tertiary alicyclic amines) is 1. The Morgan fingerprint density at radius 2 is 2.33 bits per heavy atom. The Morgan fingerprint density at radius 1 is 1.43 bits per heavy atom. The van der Waals surface area contributed by atoms with Gasteiger partial charge in [-0.25, -0.2) is 4.98 Å². The van der Waals surface area contributed by atoms with Crippen molar-refractivity contribution in [3.05, 3.63) is 47.9 Å². The van der Waals surface area contributed by atoms with Gasteiger partial charge in [-0.2, -0.15) is 0 Å². The minimum absolute atomic E-state index is 0.0563. The lowest BCUT2D eigenvalue weighted by atomic mass is 9.91. The molecule has 5 nitrogen and oxygen atoms in total. The normalized spacial score (nSPS) is 18.7. The van der Waals surface area contributed by atoms with E-state index >= 15 is 0 Å². The summed E-state index contributed by atoms with van der Waals surface area (Å²) in [6.07, 6.45) is 7.86. The van der Waals surface area contributed by atoms with E-state index in [4.69, 9.17) is 4.42 Å². The number of aromatic nitrogens is 2. The van der Waals surface area contributed by atoms with Gasteiger partial charge < -0.3 is 9.32 Å². The van der Waals surface area contributed by atoms with Gasteiger partial charge in [-0.1, -0.05) is 6.07 Å². The minimum Gasteiger partial charge on any atom is -0.438 e. The smallest absolute Gasteiger partial charge is 0.291 e. The fraction of sp³-hybridized carbons (Fsp3) is 0.438. The highest BCUT2D eigenvalue weighted by atomic mass is 16.3. The SMILES string of the molecule is Cc1ccc(C[C@@H]2CCCN(C(=O)c3cnco3)C2)cn1. The summed E-state index contributed by atoms with van der Waals surface area (Å²) in [5, 5.41) is 0. The fourth-order valence-corrected chi connectivity index (χ4v) is 2.85. The second-order valence-corrected chi connectivity index (χ2v) is 5.64. The van der Waals surface area contributed by atoms with Crippen LogP contribution >= 0.6 is 0 Å². The van der Waals surface area contributed by atoms with Crippen LogP contribution in [0.4, 0.5) is 0 Å². The second kappa shape index (κ2) is 6.08. The number of aryl methyl sites for hydroxylation is 1. The van der Waals surface area contributed by atoms with Crippen molar-refractivity contribution in [3.8, 4) is 0 Å². The first-order valence-electron chi connectivity index (χ1n) is 7.31. The van der Waals surface area contributed by atoms with Crippen molar-refractivity contribution in [1.82, 2.24) is 14.9 Å². The zero-order chi connectivity index (χ0) is 14.7. The standard InChI is InChI=1S/C16H19N3O2/c1-12-4-5-13(8-18-12)7-14-3-2-6-19(10-14)16(20)15-9-17-11-21-15/h4-5,8-9,11,14H,2-3,6-7,10H2,1H3/t14-/m0/s1. The van der Waals surface area contributed by atoms with Crippen molar-refractivity contribution in [2.75, 3.05) is 13.1 Å². The number of carbonyl (C=O) groups is 1. The summed E-state index contributed by atoms with van der Waals surface area (Å²) in [6.45, 7) is 3.55. The maximum absolute atomic E-state index is 12.3. The van der Waals surface area contributed by atoms with Crippen LogP contribution in [0.15, 0.2) is 35.3 Å². The first-order chi connectivity index (χ1) is 10.2. The maximum atomic E-state index is 12.3. The van der Waals surface area contributed by atoms with Gasteiger partial charge >= 0.3 is 0 Å². The van der Waals surface area contributed by atoms with Crippen LogP contribution in [-0.4, -0.2) is 33.9 Å². The molecule has 0 aliphatic carbocycles. The molecule has 1 fully saturated rings. The van der Waals surface area contributed by atoms with Crippen LogP contribution in [0.1, 0.15) is 34.7 Å². The molecule has 0 unspecified atom stereocenters. The maximum Gasteiger partial charge on any atom is 0.291 e. The minimum atomic E-state index is -0.0563. The van der Waals surface area contributed by atoms with Gasteiger partial charge in [-0.3, -0.25) is 9.78 Å². The Morgan fingerprint density at radius 3 is 3.05 bits per heavy atom. The summed E-state index contributed by atoms with van der Waals surface area (Å²) in [5.74, 6) is 0.752. The molecule has 0 spiro atoms. The number of amides is 1. The molecule has 5 heteroatoms. The molecular formula is C16H19N3O2. The summed E-state index contributed by atoms with van der Waals surface area (Å²) in [4.78, 5) is 22.3. The van der Waals surface area contributed by atoms with Gasteiger partial charge in [0.1, 0.15) is 0 Å². The average molecular weight is 285 g/mol.